The second-order valence-corrected chi connectivity index (χ2v) is 7.86. The third kappa shape index (κ3) is 3.21. The highest BCUT2D eigenvalue weighted by atomic mass is 79.9. The average molecular weight is 460 g/mol. The lowest BCUT2D eigenvalue weighted by molar-refractivity contribution is 0.222. The molecule has 0 spiro atoms. The van der Waals surface area contributed by atoms with Crippen molar-refractivity contribution in [1.82, 2.24) is 0 Å². The molecule has 3 aromatic carbocycles. The second kappa shape index (κ2) is 6.85. The Kier molecular flexibility index (Phi) is 4.57. The van der Waals surface area contributed by atoms with E-state index < -0.39 is 0 Å². The molecule has 0 saturated carbocycles. The van der Waals surface area contributed by atoms with Crippen LogP contribution in [0.2, 0.25) is 0 Å². The number of methoxy groups -OCH3 is 1. The highest BCUT2D eigenvalue weighted by molar-refractivity contribution is 9.11. The van der Waals surface area contributed by atoms with E-state index in [1.807, 2.05) is 24.3 Å². The van der Waals surface area contributed by atoms with Crippen LogP contribution in [0.15, 0.2) is 75.7 Å². The molecule has 0 radical (unpaired) electrons. The van der Waals surface area contributed by atoms with E-state index in [0.717, 1.165) is 26.0 Å². The molecule has 4 heteroatoms. The molecule has 2 unspecified atom stereocenters. The standard InChI is InChI=1S/C21H16Br2O2/c1-24-17-7-8-19-18(12-17)20(14-9-15(22)11-16(23)10-14)21(25-19)13-5-3-2-4-6-13/h2-12,20-21H,1H3. The van der Waals surface area contributed by atoms with Crippen molar-refractivity contribution < 1.29 is 9.47 Å². The van der Waals surface area contributed by atoms with Crippen molar-refractivity contribution in [2.45, 2.75) is 12.0 Å². The summed E-state index contributed by atoms with van der Waals surface area (Å²) in [4.78, 5) is 0. The first-order valence-corrected chi connectivity index (χ1v) is 9.60. The van der Waals surface area contributed by atoms with E-state index >= 15 is 0 Å². The maximum atomic E-state index is 6.35. The summed E-state index contributed by atoms with van der Waals surface area (Å²) >= 11 is 7.22. The van der Waals surface area contributed by atoms with Crippen molar-refractivity contribution in [1.29, 1.82) is 0 Å². The van der Waals surface area contributed by atoms with E-state index in [2.05, 4.69) is 74.3 Å². The SMILES string of the molecule is COc1ccc2c(c1)C(c1cc(Br)cc(Br)c1)C(c1ccccc1)O2. The summed E-state index contributed by atoms with van der Waals surface area (Å²) < 4.78 is 13.9. The number of hydrogen-bond donors (Lipinski definition) is 0. The van der Waals surface area contributed by atoms with Gasteiger partial charge in [-0.3, -0.25) is 0 Å². The molecule has 0 amide bonds. The predicted octanol–water partition coefficient (Wildman–Crippen LogP) is 6.49. The van der Waals surface area contributed by atoms with Crippen molar-refractivity contribution in [3.05, 3.63) is 92.4 Å². The molecular weight excluding hydrogens is 444 g/mol. The van der Waals surface area contributed by atoms with Crippen LogP contribution in [0.5, 0.6) is 11.5 Å². The summed E-state index contributed by atoms with van der Waals surface area (Å²) in [6.07, 6.45) is -0.0653. The number of rotatable bonds is 3. The molecule has 0 aromatic heterocycles. The first-order valence-electron chi connectivity index (χ1n) is 8.01. The number of halogens is 2. The van der Waals surface area contributed by atoms with E-state index in [0.29, 0.717) is 0 Å². The molecule has 4 rings (SSSR count). The summed E-state index contributed by atoms with van der Waals surface area (Å²) in [6.45, 7) is 0. The minimum atomic E-state index is -0.0653. The Morgan fingerprint density at radius 3 is 2.24 bits per heavy atom. The number of ether oxygens (including phenoxy) is 2. The summed E-state index contributed by atoms with van der Waals surface area (Å²) in [5, 5.41) is 0. The molecule has 2 nitrogen and oxygen atoms in total. The molecular formula is C21H16Br2O2. The van der Waals surface area contributed by atoms with E-state index in [-0.39, 0.29) is 12.0 Å². The van der Waals surface area contributed by atoms with Crippen LogP contribution in [0.4, 0.5) is 0 Å². The van der Waals surface area contributed by atoms with Gasteiger partial charge in [0.2, 0.25) is 0 Å². The Morgan fingerprint density at radius 1 is 0.840 bits per heavy atom. The molecule has 3 aromatic rings. The lowest BCUT2D eigenvalue weighted by Gasteiger charge is -2.20. The number of fused-ring (bicyclic) bond motifs is 1. The zero-order chi connectivity index (χ0) is 17.4. The van der Waals surface area contributed by atoms with Crippen LogP contribution in [0, 0.1) is 0 Å². The van der Waals surface area contributed by atoms with Crippen LogP contribution in [-0.4, -0.2) is 7.11 Å². The van der Waals surface area contributed by atoms with Crippen LogP contribution in [0.25, 0.3) is 0 Å². The number of benzene rings is 3. The normalized spacial score (nSPS) is 18.5. The first-order chi connectivity index (χ1) is 12.2. The Hall–Kier alpha value is -1.78. The van der Waals surface area contributed by atoms with Crippen LogP contribution in [0.3, 0.4) is 0 Å². The lowest BCUT2D eigenvalue weighted by Crippen LogP contribution is -2.11. The monoisotopic (exact) mass is 458 g/mol. The summed E-state index contributed by atoms with van der Waals surface area (Å²) in [6, 6.07) is 22.7. The summed E-state index contributed by atoms with van der Waals surface area (Å²) in [5.74, 6) is 1.85. The molecule has 1 aliphatic heterocycles. The largest absolute Gasteiger partial charge is 0.497 e. The fraction of sp³-hybridized carbons (Fsp3) is 0.143. The van der Waals surface area contributed by atoms with Crippen molar-refractivity contribution in [3.63, 3.8) is 0 Å². The van der Waals surface area contributed by atoms with Gasteiger partial charge in [0.15, 0.2) is 0 Å². The van der Waals surface area contributed by atoms with Crippen LogP contribution < -0.4 is 9.47 Å². The van der Waals surface area contributed by atoms with Crippen molar-refractivity contribution in [2.24, 2.45) is 0 Å². The molecule has 0 aliphatic carbocycles. The summed E-state index contributed by atoms with van der Waals surface area (Å²) in [5.41, 5.74) is 3.51. The van der Waals surface area contributed by atoms with Gasteiger partial charge < -0.3 is 9.47 Å². The van der Waals surface area contributed by atoms with E-state index in [4.69, 9.17) is 9.47 Å². The van der Waals surface area contributed by atoms with Gasteiger partial charge in [-0.25, -0.2) is 0 Å². The molecule has 1 aliphatic rings. The zero-order valence-electron chi connectivity index (χ0n) is 13.6. The Balaban J connectivity index is 1.88. The molecule has 0 bridgehead atoms. The molecule has 0 saturated heterocycles. The average Bonchev–Trinajstić information content (AvgIpc) is 3.00. The minimum absolute atomic E-state index is 0.0653. The second-order valence-electron chi connectivity index (χ2n) is 6.03. The third-order valence-corrected chi connectivity index (χ3v) is 5.40. The van der Waals surface area contributed by atoms with Gasteiger partial charge in [0, 0.05) is 14.5 Å². The van der Waals surface area contributed by atoms with Gasteiger partial charge in [-0.2, -0.15) is 0 Å². The van der Waals surface area contributed by atoms with Gasteiger partial charge in [-0.05, 0) is 47.5 Å². The molecule has 0 fully saturated rings. The highest BCUT2D eigenvalue weighted by Gasteiger charge is 2.37. The maximum absolute atomic E-state index is 6.35. The third-order valence-electron chi connectivity index (χ3n) is 4.48. The van der Waals surface area contributed by atoms with Crippen LogP contribution >= 0.6 is 31.9 Å². The highest BCUT2D eigenvalue weighted by Crippen LogP contribution is 2.51. The molecule has 126 valence electrons. The van der Waals surface area contributed by atoms with Crippen molar-refractivity contribution in [2.75, 3.05) is 7.11 Å². The molecule has 25 heavy (non-hydrogen) atoms. The molecule has 1 heterocycles. The van der Waals surface area contributed by atoms with Crippen molar-refractivity contribution in [3.8, 4) is 11.5 Å². The van der Waals surface area contributed by atoms with E-state index in [1.54, 1.807) is 7.11 Å². The van der Waals surface area contributed by atoms with Crippen molar-refractivity contribution >= 4 is 31.9 Å². The quantitative estimate of drug-likeness (QED) is 0.445. The zero-order valence-corrected chi connectivity index (χ0v) is 16.7. The fourth-order valence-electron chi connectivity index (χ4n) is 3.38. The Labute approximate surface area is 164 Å². The molecule has 2 atom stereocenters. The van der Waals surface area contributed by atoms with Gasteiger partial charge in [0.25, 0.3) is 0 Å². The molecule has 0 N–H and O–H groups in total. The first kappa shape index (κ1) is 16.7. The maximum Gasteiger partial charge on any atom is 0.135 e. The minimum Gasteiger partial charge on any atom is -0.497 e. The topological polar surface area (TPSA) is 18.5 Å². The van der Waals surface area contributed by atoms with Gasteiger partial charge in [0.05, 0.1) is 13.0 Å². The van der Waals surface area contributed by atoms with Gasteiger partial charge in [-0.1, -0.05) is 62.2 Å². The smallest absolute Gasteiger partial charge is 0.135 e. The van der Waals surface area contributed by atoms with Gasteiger partial charge >= 0.3 is 0 Å². The predicted molar refractivity (Wildman–Crippen MR) is 106 cm³/mol. The van der Waals surface area contributed by atoms with E-state index in [1.165, 1.54) is 11.1 Å². The van der Waals surface area contributed by atoms with Gasteiger partial charge in [0.1, 0.15) is 17.6 Å². The lowest BCUT2D eigenvalue weighted by atomic mass is 9.85. The Morgan fingerprint density at radius 2 is 1.56 bits per heavy atom. The summed E-state index contributed by atoms with van der Waals surface area (Å²) in [7, 11) is 1.69. The fourth-order valence-corrected chi connectivity index (χ4v) is 4.71. The Bertz CT molecular complexity index is 889. The van der Waals surface area contributed by atoms with E-state index in [9.17, 15) is 0 Å². The van der Waals surface area contributed by atoms with Crippen LogP contribution in [0.1, 0.15) is 28.7 Å². The van der Waals surface area contributed by atoms with Gasteiger partial charge in [-0.15, -0.1) is 0 Å². The number of hydrogen-bond acceptors (Lipinski definition) is 2. The van der Waals surface area contributed by atoms with Crippen LogP contribution in [-0.2, 0) is 0 Å².